The molecule has 7 nitrogen and oxygen atoms in total. The van der Waals surface area contributed by atoms with Gasteiger partial charge in [-0.25, -0.2) is 0 Å². The first-order valence-corrected chi connectivity index (χ1v) is 13.0. The molecule has 5 rings (SSSR count). The highest BCUT2D eigenvalue weighted by molar-refractivity contribution is 7.80. The van der Waals surface area contributed by atoms with Gasteiger partial charge >= 0.3 is 0 Å². The Kier molecular flexibility index (Phi) is 7.10. The number of nitrogens with zero attached hydrogens (tertiary/aromatic N) is 3. The molecule has 0 aliphatic carbocycles. The number of benzene rings is 2. The molecule has 0 radical (unpaired) electrons. The number of hydrogen-bond donors (Lipinski definition) is 2. The van der Waals surface area contributed by atoms with Crippen LogP contribution in [0.2, 0.25) is 5.02 Å². The molecule has 0 unspecified atom stereocenters. The van der Waals surface area contributed by atoms with Crippen LogP contribution in [0.1, 0.15) is 41.7 Å². The molecular weight excluding hydrogens is 518 g/mol. The third-order valence-electron chi connectivity index (χ3n) is 6.75. The maximum atomic E-state index is 11.9. The topological polar surface area (TPSA) is 71.4 Å². The standard InChI is InChI=1S/C29H28ClN5O2S/c1-17-15-21(18(2)34(17)25-11-6-5-9-22(25)30)28-27(23-10-7-8-14-31-23)33-29(38)35(28)20-12-13-26(37-4)24(16-20)32-19(3)36/h5-16,27-28H,1-4H3,(H,32,36)(H,33,38)/t27-,28-/m0/s1. The van der Waals surface area contributed by atoms with Crippen molar-refractivity contribution in [2.45, 2.75) is 32.9 Å². The van der Waals surface area contributed by atoms with E-state index in [-0.39, 0.29) is 18.0 Å². The molecule has 38 heavy (non-hydrogen) atoms. The zero-order valence-corrected chi connectivity index (χ0v) is 23.1. The van der Waals surface area contributed by atoms with E-state index in [1.807, 2.05) is 60.7 Å². The van der Waals surface area contributed by atoms with Crippen LogP contribution in [0.3, 0.4) is 0 Å². The fourth-order valence-electron chi connectivity index (χ4n) is 5.17. The Morgan fingerprint density at radius 1 is 1.11 bits per heavy atom. The van der Waals surface area contributed by atoms with E-state index in [9.17, 15) is 4.79 Å². The van der Waals surface area contributed by atoms with Crippen molar-refractivity contribution in [2.24, 2.45) is 0 Å². The van der Waals surface area contributed by atoms with E-state index in [0.717, 1.165) is 34.0 Å². The van der Waals surface area contributed by atoms with Gasteiger partial charge in [0, 0.05) is 30.2 Å². The molecule has 1 saturated heterocycles. The Morgan fingerprint density at radius 3 is 2.55 bits per heavy atom. The largest absolute Gasteiger partial charge is 0.495 e. The van der Waals surface area contributed by atoms with E-state index in [2.05, 4.69) is 45.0 Å². The number of rotatable bonds is 6. The van der Waals surface area contributed by atoms with Crippen LogP contribution in [0.15, 0.2) is 72.9 Å². The minimum Gasteiger partial charge on any atom is -0.495 e. The average Bonchev–Trinajstić information content (AvgIpc) is 3.39. The zero-order chi connectivity index (χ0) is 27.0. The molecule has 0 spiro atoms. The van der Waals surface area contributed by atoms with Gasteiger partial charge in [-0.1, -0.05) is 29.8 Å². The number of para-hydroxylation sites is 1. The highest BCUT2D eigenvalue weighted by Gasteiger charge is 2.42. The summed E-state index contributed by atoms with van der Waals surface area (Å²) in [7, 11) is 1.58. The number of aryl methyl sites for hydroxylation is 1. The number of anilines is 2. The van der Waals surface area contributed by atoms with Gasteiger partial charge in [-0.15, -0.1) is 0 Å². The first-order chi connectivity index (χ1) is 18.3. The molecular formula is C29H28ClN5O2S. The molecule has 9 heteroatoms. The number of methoxy groups -OCH3 is 1. The van der Waals surface area contributed by atoms with E-state index in [1.165, 1.54) is 6.92 Å². The van der Waals surface area contributed by atoms with E-state index in [4.69, 9.17) is 28.6 Å². The normalized spacial score (nSPS) is 16.9. The molecule has 1 fully saturated rings. The minimum atomic E-state index is -0.224. The average molecular weight is 546 g/mol. The molecule has 1 amide bonds. The summed E-state index contributed by atoms with van der Waals surface area (Å²) >= 11 is 12.5. The van der Waals surface area contributed by atoms with Crippen LogP contribution in [0.4, 0.5) is 11.4 Å². The number of aromatic nitrogens is 2. The summed E-state index contributed by atoms with van der Waals surface area (Å²) in [5, 5.41) is 7.61. The Hall–Kier alpha value is -3.88. The van der Waals surface area contributed by atoms with Crippen molar-refractivity contribution >= 4 is 46.2 Å². The molecule has 2 atom stereocenters. The Balaban J connectivity index is 1.69. The third-order valence-corrected chi connectivity index (χ3v) is 7.39. The molecule has 2 aromatic heterocycles. The van der Waals surface area contributed by atoms with E-state index in [0.29, 0.717) is 21.6 Å². The number of thiocarbonyl (C=S) groups is 1. The summed E-state index contributed by atoms with van der Waals surface area (Å²) < 4.78 is 7.65. The lowest BCUT2D eigenvalue weighted by atomic mass is 9.96. The number of hydrogen-bond acceptors (Lipinski definition) is 4. The number of carbonyl (C=O) groups is 1. The molecule has 4 aromatic rings. The van der Waals surface area contributed by atoms with Gasteiger partial charge in [-0.05, 0) is 80.2 Å². The van der Waals surface area contributed by atoms with Gasteiger partial charge < -0.3 is 24.8 Å². The first kappa shape index (κ1) is 25.8. The lowest BCUT2D eigenvalue weighted by Crippen LogP contribution is -2.29. The SMILES string of the molecule is COc1ccc(N2C(=S)N[C@@H](c3ccccn3)[C@@H]2c2cc(C)n(-c3ccccc3Cl)c2C)cc1NC(C)=O. The zero-order valence-electron chi connectivity index (χ0n) is 21.5. The number of amides is 1. The highest BCUT2D eigenvalue weighted by atomic mass is 35.5. The van der Waals surface area contributed by atoms with E-state index in [1.54, 1.807) is 13.3 Å². The van der Waals surface area contributed by atoms with Crippen LogP contribution in [0.25, 0.3) is 5.69 Å². The molecule has 0 saturated carbocycles. The van der Waals surface area contributed by atoms with Gasteiger partial charge in [-0.3, -0.25) is 9.78 Å². The third kappa shape index (κ3) is 4.61. The van der Waals surface area contributed by atoms with E-state index >= 15 is 0 Å². The Bertz CT molecular complexity index is 1520. The van der Waals surface area contributed by atoms with Crippen molar-refractivity contribution in [3.63, 3.8) is 0 Å². The summed E-state index contributed by atoms with van der Waals surface area (Å²) in [5.41, 5.74) is 6.37. The van der Waals surface area contributed by atoms with Crippen molar-refractivity contribution in [1.29, 1.82) is 0 Å². The fraction of sp³-hybridized carbons (Fsp3) is 0.207. The maximum absolute atomic E-state index is 11.9. The van der Waals surface area contributed by atoms with Crippen LogP contribution in [-0.2, 0) is 4.79 Å². The Morgan fingerprint density at radius 2 is 1.87 bits per heavy atom. The summed E-state index contributed by atoms with van der Waals surface area (Å²) in [6, 6.07) is 21.1. The van der Waals surface area contributed by atoms with Crippen LogP contribution in [0.5, 0.6) is 5.75 Å². The van der Waals surface area contributed by atoms with Crippen molar-refractivity contribution in [1.82, 2.24) is 14.9 Å². The summed E-state index contributed by atoms with van der Waals surface area (Å²) in [5.74, 6) is 0.380. The maximum Gasteiger partial charge on any atom is 0.221 e. The highest BCUT2D eigenvalue weighted by Crippen LogP contribution is 2.45. The van der Waals surface area contributed by atoms with Gasteiger partial charge in [0.1, 0.15) is 5.75 Å². The lowest BCUT2D eigenvalue weighted by molar-refractivity contribution is -0.114. The quantitative estimate of drug-likeness (QED) is 0.278. The summed E-state index contributed by atoms with van der Waals surface area (Å²) in [6.45, 7) is 5.64. The van der Waals surface area contributed by atoms with Crippen LogP contribution in [0, 0.1) is 13.8 Å². The number of ether oxygens (including phenoxy) is 1. The predicted octanol–water partition coefficient (Wildman–Crippen LogP) is 6.29. The molecule has 1 aliphatic rings. The molecule has 0 bridgehead atoms. The molecule has 2 aromatic carbocycles. The number of nitrogens with one attached hydrogen (secondary N) is 2. The van der Waals surface area contributed by atoms with Crippen molar-refractivity contribution in [2.75, 3.05) is 17.3 Å². The molecule has 2 N–H and O–H groups in total. The van der Waals surface area contributed by atoms with Crippen molar-refractivity contribution in [3.05, 3.63) is 101 Å². The van der Waals surface area contributed by atoms with Crippen LogP contribution < -0.4 is 20.3 Å². The smallest absolute Gasteiger partial charge is 0.221 e. The molecule has 194 valence electrons. The predicted molar refractivity (Wildman–Crippen MR) is 155 cm³/mol. The second-order valence-corrected chi connectivity index (χ2v) is 9.97. The molecule has 1 aliphatic heterocycles. The first-order valence-electron chi connectivity index (χ1n) is 12.2. The number of pyridine rings is 1. The van der Waals surface area contributed by atoms with Crippen molar-refractivity contribution in [3.8, 4) is 11.4 Å². The fourth-order valence-corrected chi connectivity index (χ4v) is 5.74. The van der Waals surface area contributed by atoms with Gasteiger partial charge in [0.15, 0.2) is 5.11 Å². The van der Waals surface area contributed by atoms with Gasteiger partial charge in [-0.2, -0.15) is 0 Å². The van der Waals surface area contributed by atoms with Gasteiger partial charge in [0.2, 0.25) is 5.91 Å². The van der Waals surface area contributed by atoms with Crippen LogP contribution in [-0.4, -0.2) is 27.7 Å². The van der Waals surface area contributed by atoms with Gasteiger partial charge in [0.05, 0.1) is 41.3 Å². The second kappa shape index (κ2) is 10.5. The van der Waals surface area contributed by atoms with E-state index < -0.39 is 0 Å². The van der Waals surface area contributed by atoms with Crippen molar-refractivity contribution < 1.29 is 9.53 Å². The minimum absolute atomic E-state index is 0.186. The van der Waals surface area contributed by atoms with Gasteiger partial charge in [0.25, 0.3) is 0 Å². The second-order valence-electron chi connectivity index (χ2n) is 9.18. The number of carbonyl (C=O) groups excluding carboxylic acids is 1. The number of halogens is 1. The lowest BCUT2D eigenvalue weighted by Gasteiger charge is -2.29. The Labute approximate surface area is 232 Å². The molecule has 3 heterocycles. The summed E-state index contributed by atoms with van der Waals surface area (Å²) in [6.07, 6.45) is 1.79. The monoisotopic (exact) mass is 545 g/mol. The van der Waals surface area contributed by atoms with Crippen LogP contribution >= 0.6 is 23.8 Å². The summed E-state index contributed by atoms with van der Waals surface area (Å²) in [4.78, 5) is 18.7.